The van der Waals surface area contributed by atoms with Gasteiger partial charge in [0.15, 0.2) is 0 Å². The van der Waals surface area contributed by atoms with Crippen LogP contribution in [0, 0.1) is 17.3 Å². The smallest absolute Gasteiger partial charge is 0.0300 e. The maximum absolute atomic E-state index is 2.43. The predicted octanol–water partition coefficient (Wildman–Crippen LogP) is 3.86. The predicted molar refractivity (Wildman–Crippen MR) is 50.6 cm³/mol. The van der Waals surface area contributed by atoms with Crippen molar-refractivity contribution >= 4 is 0 Å². The molecule has 1 rings (SSSR count). The van der Waals surface area contributed by atoms with E-state index >= 15 is 0 Å². The highest BCUT2D eigenvalue weighted by Crippen LogP contribution is 2.52. The molecule has 0 spiro atoms. The first kappa shape index (κ1) is 9.09. The molecule has 0 aromatic rings. The Labute approximate surface area is 71.4 Å². The molecule has 0 aliphatic heterocycles. The van der Waals surface area contributed by atoms with Crippen LogP contribution in [0.4, 0.5) is 0 Å². The summed E-state index contributed by atoms with van der Waals surface area (Å²) in [5.74, 6) is 1.99. The van der Waals surface area contributed by atoms with Crippen LogP contribution in [0.15, 0.2) is 0 Å². The largest absolute Gasteiger partial charge is 0.0654 e. The van der Waals surface area contributed by atoms with Crippen molar-refractivity contribution in [3.8, 4) is 0 Å². The maximum Gasteiger partial charge on any atom is -0.0300 e. The highest BCUT2D eigenvalue weighted by Gasteiger charge is 2.44. The molecule has 0 N–H and O–H groups in total. The third kappa shape index (κ3) is 1.60. The molecule has 1 saturated carbocycles. The number of hydrogen-bond acceptors (Lipinski definition) is 0. The topological polar surface area (TPSA) is 0 Å². The summed E-state index contributed by atoms with van der Waals surface area (Å²) in [6, 6.07) is 0. The lowest BCUT2D eigenvalue weighted by atomic mass is 9.54. The Bertz CT molecular complexity index is 124. The number of rotatable bonds is 3. The Kier molecular flexibility index (Phi) is 2.61. The van der Waals surface area contributed by atoms with Gasteiger partial charge in [0.25, 0.3) is 0 Å². The second-order valence-electron chi connectivity index (χ2n) is 4.80. The van der Waals surface area contributed by atoms with Gasteiger partial charge in [-0.25, -0.2) is 0 Å². The van der Waals surface area contributed by atoms with Crippen molar-refractivity contribution in [3.05, 3.63) is 0 Å². The van der Waals surface area contributed by atoms with Gasteiger partial charge in [-0.15, -0.1) is 0 Å². The van der Waals surface area contributed by atoms with E-state index in [0.29, 0.717) is 5.41 Å². The molecule has 0 amide bonds. The van der Waals surface area contributed by atoms with Crippen molar-refractivity contribution in [1.82, 2.24) is 0 Å². The first-order chi connectivity index (χ1) is 5.09. The molecule has 2 atom stereocenters. The molecule has 0 aromatic heterocycles. The SMILES string of the molecule is CCCC[C@H]1C[C@H](C)C1(C)C. The van der Waals surface area contributed by atoms with Crippen LogP contribution in [0.5, 0.6) is 0 Å². The zero-order valence-corrected chi connectivity index (χ0v) is 8.48. The molecule has 1 aliphatic rings. The minimum atomic E-state index is 0.648. The average Bonchev–Trinajstić information content (AvgIpc) is 1.97. The van der Waals surface area contributed by atoms with E-state index in [2.05, 4.69) is 27.7 Å². The van der Waals surface area contributed by atoms with Gasteiger partial charge in [0, 0.05) is 0 Å². The minimum Gasteiger partial charge on any atom is -0.0654 e. The van der Waals surface area contributed by atoms with Crippen molar-refractivity contribution in [2.75, 3.05) is 0 Å². The van der Waals surface area contributed by atoms with Gasteiger partial charge in [-0.3, -0.25) is 0 Å². The summed E-state index contributed by atoms with van der Waals surface area (Å²) in [6.45, 7) is 9.54. The Balaban J connectivity index is 2.28. The van der Waals surface area contributed by atoms with Crippen LogP contribution in [-0.2, 0) is 0 Å². The van der Waals surface area contributed by atoms with Crippen LogP contribution in [0.1, 0.15) is 53.4 Å². The quantitative estimate of drug-likeness (QED) is 0.579. The summed E-state index contributed by atoms with van der Waals surface area (Å²) < 4.78 is 0. The minimum absolute atomic E-state index is 0.648. The van der Waals surface area contributed by atoms with Crippen LogP contribution in [0.2, 0.25) is 0 Å². The zero-order valence-electron chi connectivity index (χ0n) is 8.48. The summed E-state index contributed by atoms with van der Waals surface area (Å²) in [5.41, 5.74) is 0.648. The van der Waals surface area contributed by atoms with Crippen molar-refractivity contribution in [2.24, 2.45) is 17.3 Å². The molecule has 0 aromatic carbocycles. The molecule has 0 bridgehead atoms. The summed E-state index contributed by atoms with van der Waals surface area (Å²) in [4.78, 5) is 0. The van der Waals surface area contributed by atoms with Gasteiger partial charge in [0.05, 0.1) is 0 Å². The van der Waals surface area contributed by atoms with Gasteiger partial charge in [0.1, 0.15) is 0 Å². The zero-order chi connectivity index (χ0) is 8.48. The molecular formula is C11H22. The highest BCUT2D eigenvalue weighted by atomic mass is 14.5. The highest BCUT2D eigenvalue weighted by molar-refractivity contribution is 4.93. The Hall–Kier alpha value is 0. The second kappa shape index (κ2) is 3.16. The normalized spacial score (nSPS) is 34.9. The molecule has 11 heavy (non-hydrogen) atoms. The molecule has 66 valence electrons. The summed E-state index contributed by atoms with van der Waals surface area (Å²) in [6.07, 6.45) is 5.74. The fourth-order valence-electron chi connectivity index (χ4n) is 2.22. The number of unbranched alkanes of at least 4 members (excludes halogenated alkanes) is 1. The molecule has 0 nitrogen and oxygen atoms in total. The molecule has 0 radical (unpaired) electrons. The van der Waals surface area contributed by atoms with Crippen LogP contribution in [0.3, 0.4) is 0 Å². The first-order valence-corrected chi connectivity index (χ1v) is 5.09. The van der Waals surface area contributed by atoms with Crippen molar-refractivity contribution in [2.45, 2.75) is 53.4 Å². The third-order valence-electron chi connectivity index (χ3n) is 3.87. The summed E-state index contributed by atoms with van der Waals surface area (Å²) >= 11 is 0. The Morgan fingerprint density at radius 3 is 2.36 bits per heavy atom. The average molecular weight is 154 g/mol. The first-order valence-electron chi connectivity index (χ1n) is 5.09. The van der Waals surface area contributed by atoms with E-state index in [0.717, 1.165) is 11.8 Å². The van der Waals surface area contributed by atoms with Gasteiger partial charge in [-0.05, 0) is 30.1 Å². The van der Waals surface area contributed by atoms with Gasteiger partial charge < -0.3 is 0 Å². The van der Waals surface area contributed by atoms with Gasteiger partial charge >= 0.3 is 0 Å². The fourth-order valence-corrected chi connectivity index (χ4v) is 2.22. The molecule has 0 heterocycles. The monoisotopic (exact) mass is 154 g/mol. The molecule has 0 heteroatoms. The molecule has 1 fully saturated rings. The lowest BCUT2D eigenvalue weighted by Crippen LogP contribution is -2.42. The van der Waals surface area contributed by atoms with Crippen LogP contribution < -0.4 is 0 Å². The van der Waals surface area contributed by atoms with Crippen LogP contribution >= 0.6 is 0 Å². The van der Waals surface area contributed by atoms with E-state index in [4.69, 9.17) is 0 Å². The molecule has 0 unspecified atom stereocenters. The number of hydrogen-bond donors (Lipinski definition) is 0. The molecule has 0 saturated heterocycles. The molecular weight excluding hydrogens is 132 g/mol. The lowest BCUT2D eigenvalue weighted by Gasteiger charge is -2.51. The lowest BCUT2D eigenvalue weighted by molar-refractivity contribution is -0.0142. The van der Waals surface area contributed by atoms with Gasteiger partial charge in [-0.1, -0.05) is 40.5 Å². The van der Waals surface area contributed by atoms with Crippen molar-refractivity contribution in [1.29, 1.82) is 0 Å². The summed E-state index contributed by atoms with van der Waals surface area (Å²) in [7, 11) is 0. The van der Waals surface area contributed by atoms with Crippen LogP contribution in [-0.4, -0.2) is 0 Å². The van der Waals surface area contributed by atoms with E-state index in [-0.39, 0.29) is 0 Å². The van der Waals surface area contributed by atoms with E-state index in [1.165, 1.54) is 25.7 Å². The van der Waals surface area contributed by atoms with Gasteiger partial charge in [0.2, 0.25) is 0 Å². The van der Waals surface area contributed by atoms with Gasteiger partial charge in [-0.2, -0.15) is 0 Å². The van der Waals surface area contributed by atoms with Crippen molar-refractivity contribution < 1.29 is 0 Å². The van der Waals surface area contributed by atoms with E-state index in [9.17, 15) is 0 Å². The van der Waals surface area contributed by atoms with E-state index in [1.54, 1.807) is 0 Å². The summed E-state index contributed by atoms with van der Waals surface area (Å²) in [5, 5.41) is 0. The Morgan fingerprint density at radius 2 is 2.00 bits per heavy atom. The second-order valence-corrected chi connectivity index (χ2v) is 4.80. The third-order valence-corrected chi connectivity index (χ3v) is 3.87. The standard InChI is InChI=1S/C11H22/c1-5-6-7-10-8-9(2)11(10,3)4/h9-10H,5-8H2,1-4H3/t9-,10-/m0/s1. The van der Waals surface area contributed by atoms with E-state index in [1.807, 2.05) is 0 Å². The van der Waals surface area contributed by atoms with E-state index < -0.39 is 0 Å². The molecule has 1 aliphatic carbocycles. The van der Waals surface area contributed by atoms with Crippen molar-refractivity contribution in [3.63, 3.8) is 0 Å². The fraction of sp³-hybridized carbons (Fsp3) is 1.00. The maximum atomic E-state index is 2.43. The van der Waals surface area contributed by atoms with Crippen LogP contribution in [0.25, 0.3) is 0 Å². The Morgan fingerprint density at radius 1 is 1.36 bits per heavy atom.